The highest BCUT2D eigenvalue weighted by Gasteiger charge is 2.20. The third-order valence-corrected chi connectivity index (χ3v) is 4.60. The van der Waals surface area contributed by atoms with Crippen molar-refractivity contribution >= 4 is 28.8 Å². The fourth-order valence-corrected chi connectivity index (χ4v) is 3.12. The summed E-state index contributed by atoms with van der Waals surface area (Å²) in [5, 5.41) is 7.79. The molecule has 124 valence electrons. The number of hydrogen-bond donors (Lipinski definition) is 0. The molecule has 0 fully saturated rings. The Kier molecular flexibility index (Phi) is 4.64. The molecule has 2 aromatic heterocycles. The Morgan fingerprint density at radius 3 is 2.71 bits per heavy atom. The second-order valence-corrected chi connectivity index (χ2v) is 6.83. The molecule has 0 saturated carbocycles. The van der Waals surface area contributed by atoms with Crippen LogP contribution in [0.5, 0.6) is 0 Å². The number of para-hydroxylation sites is 1. The highest BCUT2D eigenvalue weighted by atomic mass is 35.5. The van der Waals surface area contributed by atoms with Gasteiger partial charge in [0.25, 0.3) is 5.91 Å². The van der Waals surface area contributed by atoms with Crippen molar-refractivity contribution in [3.05, 3.63) is 57.0 Å². The van der Waals surface area contributed by atoms with Gasteiger partial charge in [-0.15, -0.1) is 16.4 Å². The summed E-state index contributed by atoms with van der Waals surface area (Å²) in [5.41, 5.74) is 1.55. The smallest absolute Gasteiger partial charge is 0.293 e. The number of rotatable bonds is 4. The molecular formula is C16H16ClN5OS. The van der Waals surface area contributed by atoms with Gasteiger partial charge in [0.15, 0.2) is 0 Å². The molecule has 1 amide bonds. The van der Waals surface area contributed by atoms with Gasteiger partial charge in [-0.25, -0.2) is 14.6 Å². The molecular weight excluding hydrogens is 346 g/mol. The number of hydrogen-bond acceptors (Lipinski definition) is 5. The first-order valence-electron chi connectivity index (χ1n) is 7.30. The molecule has 3 rings (SSSR count). The topological polar surface area (TPSA) is 63.9 Å². The SMILES string of the molecule is Cc1nc(CN(C)C(=O)c2nc(C)n(-c3ccccc3Cl)n2)cs1. The zero-order valence-corrected chi connectivity index (χ0v) is 15.1. The van der Waals surface area contributed by atoms with Crippen LogP contribution in [0.15, 0.2) is 29.6 Å². The van der Waals surface area contributed by atoms with Crippen molar-refractivity contribution in [2.24, 2.45) is 0 Å². The van der Waals surface area contributed by atoms with Gasteiger partial charge in [-0.1, -0.05) is 23.7 Å². The number of aromatic nitrogens is 4. The first kappa shape index (κ1) is 16.6. The molecule has 0 spiro atoms. The molecule has 0 saturated heterocycles. The molecule has 0 unspecified atom stereocenters. The van der Waals surface area contributed by atoms with Crippen LogP contribution in [0.1, 0.15) is 27.1 Å². The minimum absolute atomic E-state index is 0.141. The standard InChI is InChI=1S/C16H16ClN5OS/c1-10-18-15(20-22(10)14-7-5-4-6-13(14)17)16(23)21(3)8-12-9-24-11(2)19-12/h4-7,9H,8H2,1-3H3. The summed E-state index contributed by atoms with van der Waals surface area (Å²) in [6, 6.07) is 7.31. The van der Waals surface area contributed by atoms with E-state index in [9.17, 15) is 4.79 Å². The van der Waals surface area contributed by atoms with E-state index in [0.29, 0.717) is 23.1 Å². The molecule has 0 radical (unpaired) electrons. The second-order valence-electron chi connectivity index (χ2n) is 5.36. The van der Waals surface area contributed by atoms with E-state index in [1.54, 1.807) is 41.0 Å². The van der Waals surface area contributed by atoms with E-state index < -0.39 is 0 Å². The van der Waals surface area contributed by atoms with Crippen molar-refractivity contribution in [3.8, 4) is 5.69 Å². The van der Waals surface area contributed by atoms with Crippen LogP contribution < -0.4 is 0 Å². The zero-order chi connectivity index (χ0) is 17.3. The molecule has 0 aliphatic heterocycles. The molecule has 8 heteroatoms. The summed E-state index contributed by atoms with van der Waals surface area (Å²) < 4.78 is 1.58. The maximum Gasteiger partial charge on any atom is 0.293 e. The minimum Gasteiger partial charge on any atom is -0.333 e. The maximum atomic E-state index is 12.6. The van der Waals surface area contributed by atoms with E-state index >= 15 is 0 Å². The van der Waals surface area contributed by atoms with Crippen LogP contribution in [0.3, 0.4) is 0 Å². The average Bonchev–Trinajstić information content (AvgIpc) is 3.13. The fourth-order valence-electron chi connectivity index (χ4n) is 2.30. The van der Waals surface area contributed by atoms with Crippen molar-refractivity contribution in [1.82, 2.24) is 24.6 Å². The van der Waals surface area contributed by atoms with Crippen LogP contribution in [0.25, 0.3) is 5.69 Å². The third kappa shape index (κ3) is 3.32. The van der Waals surface area contributed by atoms with Crippen LogP contribution >= 0.6 is 22.9 Å². The average molecular weight is 362 g/mol. The summed E-state index contributed by atoms with van der Waals surface area (Å²) in [5.74, 6) is 0.487. The lowest BCUT2D eigenvalue weighted by molar-refractivity contribution is 0.0771. The van der Waals surface area contributed by atoms with Gasteiger partial charge >= 0.3 is 0 Å². The van der Waals surface area contributed by atoms with E-state index in [-0.39, 0.29) is 11.7 Å². The Labute approximate surface area is 148 Å². The van der Waals surface area contributed by atoms with Gasteiger partial charge in [0.05, 0.1) is 28.0 Å². The summed E-state index contributed by atoms with van der Waals surface area (Å²) in [4.78, 5) is 22.8. The molecule has 0 aliphatic carbocycles. The number of halogens is 1. The van der Waals surface area contributed by atoms with Gasteiger partial charge in [0, 0.05) is 12.4 Å². The lowest BCUT2D eigenvalue weighted by Crippen LogP contribution is -2.27. The normalized spacial score (nSPS) is 10.8. The third-order valence-electron chi connectivity index (χ3n) is 3.45. The lowest BCUT2D eigenvalue weighted by atomic mass is 10.3. The quantitative estimate of drug-likeness (QED) is 0.715. The first-order valence-corrected chi connectivity index (χ1v) is 8.56. The van der Waals surface area contributed by atoms with Crippen LogP contribution in [-0.4, -0.2) is 37.6 Å². The Morgan fingerprint density at radius 2 is 2.04 bits per heavy atom. The maximum absolute atomic E-state index is 12.6. The van der Waals surface area contributed by atoms with Gasteiger partial charge in [-0.2, -0.15) is 0 Å². The Balaban J connectivity index is 1.83. The molecule has 6 nitrogen and oxygen atoms in total. The fraction of sp³-hybridized carbons (Fsp3) is 0.250. The van der Waals surface area contributed by atoms with E-state index in [4.69, 9.17) is 11.6 Å². The monoisotopic (exact) mass is 361 g/mol. The highest BCUT2D eigenvalue weighted by Crippen LogP contribution is 2.20. The van der Waals surface area contributed by atoms with Crippen molar-refractivity contribution in [2.75, 3.05) is 7.05 Å². The summed E-state index contributed by atoms with van der Waals surface area (Å²) in [7, 11) is 1.71. The van der Waals surface area contributed by atoms with E-state index in [1.165, 1.54) is 0 Å². The van der Waals surface area contributed by atoms with E-state index in [1.807, 2.05) is 30.5 Å². The molecule has 0 atom stereocenters. The summed E-state index contributed by atoms with van der Waals surface area (Å²) in [6.45, 7) is 4.14. The van der Waals surface area contributed by atoms with Crippen LogP contribution in [0.4, 0.5) is 0 Å². The number of thiazole rings is 1. The van der Waals surface area contributed by atoms with Gasteiger partial charge in [0.1, 0.15) is 5.82 Å². The highest BCUT2D eigenvalue weighted by molar-refractivity contribution is 7.09. The number of carbonyl (C=O) groups is 1. The molecule has 24 heavy (non-hydrogen) atoms. The number of benzene rings is 1. The predicted octanol–water partition coefficient (Wildman–Crippen LogP) is 3.27. The Bertz CT molecular complexity index is 888. The zero-order valence-electron chi connectivity index (χ0n) is 13.5. The predicted molar refractivity (Wildman–Crippen MR) is 93.8 cm³/mol. The largest absolute Gasteiger partial charge is 0.333 e. The van der Waals surface area contributed by atoms with Gasteiger partial charge in [0.2, 0.25) is 5.82 Å². The molecule has 0 aliphatic rings. The number of nitrogens with zero attached hydrogens (tertiary/aromatic N) is 5. The Hall–Kier alpha value is -2.25. The molecule has 1 aromatic carbocycles. The molecule has 0 N–H and O–H groups in total. The first-order chi connectivity index (χ1) is 11.5. The second kappa shape index (κ2) is 6.70. The molecule has 0 bridgehead atoms. The Morgan fingerprint density at radius 1 is 1.29 bits per heavy atom. The number of carbonyl (C=O) groups excluding carboxylic acids is 1. The van der Waals surface area contributed by atoms with Gasteiger partial charge in [-0.3, -0.25) is 4.79 Å². The van der Waals surface area contributed by atoms with Crippen molar-refractivity contribution in [2.45, 2.75) is 20.4 Å². The van der Waals surface area contributed by atoms with Crippen LogP contribution in [0, 0.1) is 13.8 Å². The van der Waals surface area contributed by atoms with E-state index in [2.05, 4.69) is 15.1 Å². The lowest BCUT2D eigenvalue weighted by Gasteiger charge is -2.13. The van der Waals surface area contributed by atoms with Crippen LogP contribution in [-0.2, 0) is 6.54 Å². The van der Waals surface area contributed by atoms with E-state index in [0.717, 1.165) is 10.7 Å². The van der Waals surface area contributed by atoms with Crippen molar-refractivity contribution in [1.29, 1.82) is 0 Å². The number of aryl methyl sites for hydroxylation is 2. The van der Waals surface area contributed by atoms with Crippen molar-refractivity contribution in [3.63, 3.8) is 0 Å². The summed E-state index contributed by atoms with van der Waals surface area (Å²) in [6.07, 6.45) is 0. The van der Waals surface area contributed by atoms with Crippen LogP contribution in [0.2, 0.25) is 5.02 Å². The van der Waals surface area contributed by atoms with Gasteiger partial charge < -0.3 is 4.90 Å². The van der Waals surface area contributed by atoms with Crippen molar-refractivity contribution < 1.29 is 4.79 Å². The number of amides is 1. The summed E-state index contributed by atoms with van der Waals surface area (Å²) >= 11 is 7.76. The molecule has 2 heterocycles. The van der Waals surface area contributed by atoms with Gasteiger partial charge in [-0.05, 0) is 26.0 Å². The molecule has 3 aromatic rings. The minimum atomic E-state index is -0.255.